The Morgan fingerprint density at radius 1 is 1.06 bits per heavy atom. The fourth-order valence-corrected chi connectivity index (χ4v) is 7.20. The normalized spacial score (nSPS) is 24.3. The molecule has 2 aromatic carbocycles. The van der Waals surface area contributed by atoms with Gasteiger partial charge >= 0.3 is 5.97 Å². The maximum absolute atomic E-state index is 13.6. The van der Waals surface area contributed by atoms with E-state index in [0.717, 1.165) is 11.3 Å². The molecule has 9 heteroatoms. The van der Waals surface area contributed by atoms with Crippen LogP contribution in [0.5, 0.6) is 0 Å². The lowest BCUT2D eigenvalue weighted by Gasteiger charge is -2.44. The molecule has 0 saturated carbocycles. The lowest BCUT2D eigenvalue weighted by atomic mass is 10.0. The van der Waals surface area contributed by atoms with Crippen LogP contribution in [0.3, 0.4) is 0 Å². The Balaban J connectivity index is 1.63. The Morgan fingerprint density at radius 3 is 2.35 bits per heavy atom. The number of hydrogen-bond acceptors (Lipinski definition) is 4. The zero-order valence-corrected chi connectivity index (χ0v) is 19.6. The first-order valence-electron chi connectivity index (χ1n) is 10.2. The first kappa shape index (κ1) is 22.4. The van der Waals surface area contributed by atoms with E-state index in [0.29, 0.717) is 41.5 Å². The number of aryl methyl sites for hydroxylation is 1. The van der Waals surface area contributed by atoms with E-state index in [-0.39, 0.29) is 17.0 Å². The fraction of sp³-hybridized carbons (Fsp3) is 0.409. The highest BCUT2D eigenvalue weighted by molar-refractivity contribution is 7.89. The van der Waals surface area contributed by atoms with Crippen LogP contribution < -0.4 is 4.90 Å². The van der Waals surface area contributed by atoms with Gasteiger partial charge in [-0.1, -0.05) is 29.3 Å². The van der Waals surface area contributed by atoms with Gasteiger partial charge in [0.25, 0.3) is 0 Å². The highest BCUT2D eigenvalue weighted by Gasteiger charge is 2.40. The monoisotopic (exact) mass is 482 g/mol. The third-order valence-corrected chi connectivity index (χ3v) is 8.82. The van der Waals surface area contributed by atoms with Crippen LogP contribution in [-0.2, 0) is 21.2 Å². The Hall–Kier alpha value is -1.80. The summed E-state index contributed by atoms with van der Waals surface area (Å²) in [6.45, 7) is 4.70. The first-order chi connectivity index (χ1) is 14.6. The largest absolute Gasteiger partial charge is 0.481 e. The maximum atomic E-state index is 13.6. The molecular formula is C22H24Cl2N2O4S. The molecule has 2 aliphatic rings. The third-order valence-electron chi connectivity index (χ3n) is 6.16. The van der Waals surface area contributed by atoms with Crippen molar-refractivity contribution >= 4 is 44.9 Å². The molecule has 31 heavy (non-hydrogen) atoms. The number of halogens is 2. The third kappa shape index (κ3) is 4.04. The Labute approximate surface area is 192 Å². The summed E-state index contributed by atoms with van der Waals surface area (Å²) in [6, 6.07) is 9.60. The first-order valence-corrected chi connectivity index (χ1v) is 12.4. The molecule has 1 unspecified atom stereocenters. The summed E-state index contributed by atoms with van der Waals surface area (Å²) in [4.78, 5) is 13.8. The van der Waals surface area contributed by atoms with E-state index in [9.17, 15) is 18.3 Å². The zero-order chi connectivity index (χ0) is 22.5. The minimum Gasteiger partial charge on any atom is -0.481 e. The molecular weight excluding hydrogens is 459 g/mol. The van der Waals surface area contributed by atoms with E-state index in [4.69, 9.17) is 23.2 Å². The molecule has 3 atom stereocenters. The Morgan fingerprint density at radius 2 is 1.74 bits per heavy atom. The average molecular weight is 483 g/mol. The van der Waals surface area contributed by atoms with Gasteiger partial charge in [0.05, 0.1) is 21.5 Å². The highest BCUT2D eigenvalue weighted by atomic mass is 35.5. The highest BCUT2D eigenvalue weighted by Crippen LogP contribution is 2.37. The molecule has 166 valence electrons. The van der Waals surface area contributed by atoms with E-state index in [1.54, 1.807) is 30.3 Å². The van der Waals surface area contributed by atoms with Crippen molar-refractivity contribution in [1.82, 2.24) is 4.31 Å². The van der Waals surface area contributed by atoms with Gasteiger partial charge in [-0.15, -0.1) is 0 Å². The molecule has 1 aliphatic heterocycles. The van der Waals surface area contributed by atoms with E-state index in [1.807, 2.05) is 19.9 Å². The van der Waals surface area contributed by atoms with Gasteiger partial charge in [0.15, 0.2) is 0 Å². The summed E-state index contributed by atoms with van der Waals surface area (Å²) in [7, 11) is -3.79. The van der Waals surface area contributed by atoms with Gasteiger partial charge in [0.2, 0.25) is 10.0 Å². The van der Waals surface area contributed by atoms with E-state index >= 15 is 0 Å². The summed E-state index contributed by atoms with van der Waals surface area (Å²) in [5.74, 6) is -1.56. The van der Waals surface area contributed by atoms with Gasteiger partial charge in [-0.3, -0.25) is 4.79 Å². The second-order valence-electron chi connectivity index (χ2n) is 8.32. The van der Waals surface area contributed by atoms with Gasteiger partial charge in [-0.25, -0.2) is 8.42 Å². The van der Waals surface area contributed by atoms with Crippen molar-refractivity contribution in [2.24, 2.45) is 0 Å². The number of anilines is 1. The minimum absolute atomic E-state index is 0.149. The van der Waals surface area contributed by atoms with Crippen molar-refractivity contribution in [2.45, 2.75) is 49.6 Å². The summed E-state index contributed by atoms with van der Waals surface area (Å²) < 4.78 is 28.6. The van der Waals surface area contributed by atoms with Gasteiger partial charge in [0, 0.05) is 30.2 Å². The number of rotatable bonds is 4. The molecule has 1 N–H and O–H groups in total. The van der Waals surface area contributed by atoms with Gasteiger partial charge < -0.3 is 10.0 Å². The summed E-state index contributed by atoms with van der Waals surface area (Å²) in [5.41, 5.74) is 2.35. The van der Waals surface area contributed by atoms with E-state index in [1.165, 1.54) is 4.31 Å². The Bertz CT molecular complexity index is 1130. The summed E-state index contributed by atoms with van der Waals surface area (Å²) >= 11 is 12.4. The molecule has 1 saturated heterocycles. The number of hydrogen-bond donors (Lipinski definition) is 1. The predicted molar refractivity (Wildman–Crippen MR) is 122 cm³/mol. The lowest BCUT2D eigenvalue weighted by molar-refractivity contribution is -0.138. The van der Waals surface area contributed by atoms with Crippen LogP contribution in [0.15, 0.2) is 41.3 Å². The van der Waals surface area contributed by atoms with Crippen LogP contribution in [0.25, 0.3) is 0 Å². The standard InChI is InChI=1S/C22H24Cl2N2O4S/c1-13-11-25(21-8-5-16(23)9-20(21)24)12-14(2)26(13)31(29,30)17-6-3-15-4-7-18(22(27)28)19(15)10-17/h3,5-6,8-10,13-14,18H,4,7,11-12H2,1-2H3,(H,27,28)/t13-,14+,18?. The molecule has 0 spiro atoms. The number of benzene rings is 2. The fourth-order valence-electron chi connectivity index (χ4n) is 4.84. The summed E-state index contributed by atoms with van der Waals surface area (Å²) in [5, 5.41) is 10.6. The molecule has 2 aromatic rings. The second-order valence-corrected chi connectivity index (χ2v) is 11.0. The van der Waals surface area contributed by atoms with Crippen molar-refractivity contribution in [2.75, 3.05) is 18.0 Å². The van der Waals surface area contributed by atoms with Gasteiger partial charge in [0.1, 0.15) is 0 Å². The van der Waals surface area contributed by atoms with Crippen molar-refractivity contribution in [3.05, 3.63) is 57.6 Å². The number of fused-ring (bicyclic) bond motifs is 1. The van der Waals surface area contributed by atoms with Crippen molar-refractivity contribution in [3.63, 3.8) is 0 Å². The quantitative estimate of drug-likeness (QED) is 0.698. The van der Waals surface area contributed by atoms with Gasteiger partial charge in [-0.2, -0.15) is 4.31 Å². The van der Waals surface area contributed by atoms with Crippen molar-refractivity contribution in [1.29, 1.82) is 0 Å². The predicted octanol–water partition coefficient (Wildman–Crippen LogP) is 4.40. The number of sulfonamides is 1. The number of aliphatic carboxylic acids is 1. The van der Waals surface area contributed by atoms with Crippen LogP contribution in [-0.4, -0.2) is 49.0 Å². The molecule has 1 fully saturated rings. The molecule has 1 aliphatic carbocycles. The average Bonchev–Trinajstić information content (AvgIpc) is 3.10. The SMILES string of the molecule is C[C@@H]1CN(c2ccc(Cl)cc2Cl)C[C@H](C)N1S(=O)(=O)c1ccc2c(c1)C(C(=O)O)CC2. The Kier molecular flexibility index (Phi) is 5.98. The summed E-state index contributed by atoms with van der Waals surface area (Å²) in [6.07, 6.45) is 1.15. The van der Waals surface area contributed by atoms with Crippen LogP contribution >= 0.6 is 23.2 Å². The molecule has 1 heterocycles. The molecule has 6 nitrogen and oxygen atoms in total. The number of carboxylic acid groups (broad SMARTS) is 1. The van der Waals surface area contributed by atoms with Crippen LogP contribution in [0.2, 0.25) is 10.0 Å². The zero-order valence-electron chi connectivity index (χ0n) is 17.3. The molecule has 0 amide bonds. The second kappa shape index (κ2) is 8.28. The van der Waals surface area contributed by atoms with Crippen LogP contribution in [0.1, 0.15) is 37.3 Å². The molecule has 0 aromatic heterocycles. The van der Waals surface area contributed by atoms with Crippen molar-refractivity contribution in [3.8, 4) is 0 Å². The van der Waals surface area contributed by atoms with Crippen LogP contribution in [0.4, 0.5) is 5.69 Å². The number of carboxylic acids is 1. The number of nitrogens with zero attached hydrogens (tertiary/aromatic N) is 2. The lowest BCUT2D eigenvalue weighted by Crippen LogP contribution is -2.58. The smallest absolute Gasteiger partial charge is 0.310 e. The topological polar surface area (TPSA) is 77.9 Å². The maximum Gasteiger partial charge on any atom is 0.310 e. The number of piperazine rings is 1. The van der Waals surface area contributed by atoms with E-state index in [2.05, 4.69) is 4.90 Å². The van der Waals surface area contributed by atoms with Gasteiger partial charge in [-0.05, 0) is 68.1 Å². The molecule has 0 bridgehead atoms. The van der Waals surface area contributed by atoms with E-state index < -0.39 is 21.9 Å². The van der Waals surface area contributed by atoms with Crippen LogP contribution in [0, 0.1) is 0 Å². The molecule has 4 rings (SSSR count). The minimum atomic E-state index is -3.79. The molecule has 0 radical (unpaired) electrons. The van der Waals surface area contributed by atoms with Crippen molar-refractivity contribution < 1.29 is 18.3 Å². The number of carbonyl (C=O) groups is 1.